The van der Waals surface area contributed by atoms with Crippen molar-refractivity contribution in [3.63, 3.8) is 0 Å². The van der Waals surface area contributed by atoms with E-state index in [-0.39, 0.29) is 5.92 Å². The molecule has 0 radical (unpaired) electrons. The van der Waals surface area contributed by atoms with Gasteiger partial charge in [0, 0.05) is 5.92 Å². The molecule has 5 atom stereocenters. The summed E-state index contributed by atoms with van der Waals surface area (Å²) in [6.45, 7) is 3.88. The Labute approximate surface area is 161 Å². The van der Waals surface area contributed by atoms with Crippen LogP contribution in [0.15, 0.2) is 12.1 Å². The summed E-state index contributed by atoms with van der Waals surface area (Å²) in [5.41, 5.74) is 1.07. The number of rotatable bonds is 2. The van der Waals surface area contributed by atoms with Gasteiger partial charge in [0.05, 0.1) is 13.2 Å². The standard InChI is InChI=1S/C16H16I2O5/c1-6-3-9(17)14(10(18)4-6)23-16(21)11-8-5-7(2)13(12(8)19)22-15(11)20/h3-4,7-8,11-13,19H,5H2,1-2H3. The van der Waals surface area contributed by atoms with E-state index >= 15 is 0 Å². The van der Waals surface area contributed by atoms with E-state index < -0.39 is 36.0 Å². The van der Waals surface area contributed by atoms with E-state index in [0.717, 1.165) is 12.7 Å². The topological polar surface area (TPSA) is 72.8 Å². The quantitative estimate of drug-likeness (QED) is 0.270. The molecule has 1 aliphatic heterocycles. The number of esters is 2. The van der Waals surface area contributed by atoms with Gasteiger partial charge in [-0.1, -0.05) is 6.92 Å². The molecule has 1 aromatic carbocycles. The monoisotopic (exact) mass is 542 g/mol. The molecule has 1 N–H and O–H groups in total. The van der Waals surface area contributed by atoms with E-state index in [1.165, 1.54) is 0 Å². The zero-order valence-electron chi connectivity index (χ0n) is 12.6. The Kier molecular flexibility index (Phi) is 4.90. The number of halogens is 2. The summed E-state index contributed by atoms with van der Waals surface area (Å²) in [5.74, 6) is -2.21. The lowest BCUT2D eigenvalue weighted by atomic mass is 9.87. The fourth-order valence-electron chi connectivity index (χ4n) is 3.40. The van der Waals surface area contributed by atoms with Crippen LogP contribution in [0.5, 0.6) is 5.75 Å². The predicted octanol–water partition coefficient (Wildman–Crippen LogP) is 2.67. The summed E-state index contributed by atoms with van der Waals surface area (Å²) < 4.78 is 12.4. The van der Waals surface area contributed by atoms with Crippen LogP contribution in [0.25, 0.3) is 0 Å². The first-order valence-electron chi connectivity index (χ1n) is 7.35. The molecular weight excluding hydrogens is 526 g/mol. The summed E-state index contributed by atoms with van der Waals surface area (Å²) in [6.07, 6.45) is -0.716. The minimum absolute atomic E-state index is 0.0522. The minimum atomic E-state index is -1.06. The third-order valence-corrected chi connectivity index (χ3v) is 6.12. The lowest BCUT2D eigenvalue weighted by molar-refractivity contribution is -0.180. The molecule has 5 nitrogen and oxygen atoms in total. The molecule has 0 amide bonds. The van der Waals surface area contributed by atoms with Gasteiger partial charge in [-0.15, -0.1) is 0 Å². The van der Waals surface area contributed by atoms with Gasteiger partial charge in [0.1, 0.15) is 6.10 Å². The fourth-order valence-corrected chi connectivity index (χ4v) is 5.70. The number of aliphatic hydroxyl groups is 1. The van der Waals surface area contributed by atoms with E-state index in [9.17, 15) is 14.7 Å². The van der Waals surface area contributed by atoms with Crippen LogP contribution in [0.4, 0.5) is 0 Å². The Hall–Kier alpha value is -0.420. The van der Waals surface area contributed by atoms with Crippen molar-refractivity contribution in [3.05, 3.63) is 24.8 Å². The van der Waals surface area contributed by atoms with Crippen molar-refractivity contribution in [1.29, 1.82) is 0 Å². The Morgan fingerprint density at radius 3 is 2.57 bits per heavy atom. The lowest BCUT2D eigenvalue weighted by Gasteiger charge is -2.31. The third kappa shape index (κ3) is 3.11. The smallest absolute Gasteiger partial charge is 0.326 e. The minimum Gasteiger partial charge on any atom is -0.459 e. The highest BCUT2D eigenvalue weighted by atomic mass is 127. The Morgan fingerprint density at radius 1 is 1.35 bits per heavy atom. The van der Waals surface area contributed by atoms with Crippen LogP contribution in [-0.2, 0) is 14.3 Å². The molecule has 1 saturated heterocycles. The largest absolute Gasteiger partial charge is 0.459 e. The highest BCUT2D eigenvalue weighted by Gasteiger charge is 2.56. The summed E-state index contributed by atoms with van der Waals surface area (Å²) >= 11 is 4.21. The van der Waals surface area contributed by atoms with Crippen molar-refractivity contribution in [2.45, 2.75) is 32.5 Å². The van der Waals surface area contributed by atoms with Crippen LogP contribution in [0.3, 0.4) is 0 Å². The van der Waals surface area contributed by atoms with E-state index in [0.29, 0.717) is 12.2 Å². The van der Waals surface area contributed by atoms with E-state index in [1.54, 1.807) is 0 Å². The van der Waals surface area contributed by atoms with Crippen molar-refractivity contribution >= 4 is 57.1 Å². The Morgan fingerprint density at radius 2 is 1.96 bits per heavy atom. The molecule has 1 saturated carbocycles. The first-order chi connectivity index (χ1) is 10.8. The molecule has 1 heterocycles. The van der Waals surface area contributed by atoms with Gasteiger partial charge >= 0.3 is 11.9 Å². The van der Waals surface area contributed by atoms with Gasteiger partial charge in [-0.2, -0.15) is 0 Å². The zero-order chi connectivity index (χ0) is 16.9. The Balaban J connectivity index is 1.85. The third-order valence-electron chi connectivity index (χ3n) is 4.51. The first-order valence-corrected chi connectivity index (χ1v) is 9.51. The van der Waals surface area contributed by atoms with Gasteiger partial charge in [0.25, 0.3) is 0 Å². The molecule has 0 aromatic heterocycles. The number of carbonyl (C=O) groups excluding carboxylic acids is 2. The molecule has 5 unspecified atom stereocenters. The van der Waals surface area contributed by atoms with Gasteiger partial charge in [-0.3, -0.25) is 9.59 Å². The average Bonchev–Trinajstić information content (AvgIpc) is 2.64. The number of carbonyl (C=O) groups is 2. The van der Waals surface area contributed by atoms with Crippen LogP contribution in [0, 0.1) is 31.8 Å². The Bertz CT molecular complexity index is 651. The van der Waals surface area contributed by atoms with E-state index in [2.05, 4.69) is 45.2 Å². The molecule has 7 heteroatoms. The molecule has 1 aromatic rings. The van der Waals surface area contributed by atoms with Crippen LogP contribution < -0.4 is 4.74 Å². The molecule has 1 aliphatic carbocycles. The second kappa shape index (κ2) is 6.47. The van der Waals surface area contributed by atoms with Crippen molar-refractivity contribution in [1.82, 2.24) is 0 Å². The van der Waals surface area contributed by atoms with Gasteiger partial charge in [-0.25, -0.2) is 0 Å². The summed E-state index contributed by atoms with van der Waals surface area (Å²) in [4.78, 5) is 24.7. The normalized spacial score (nSPS) is 32.6. The van der Waals surface area contributed by atoms with Gasteiger partial charge in [0.2, 0.25) is 0 Å². The van der Waals surface area contributed by atoms with Crippen LogP contribution in [0.2, 0.25) is 0 Å². The highest BCUT2D eigenvalue weighted by molar-refractivity contribution is 14.1. The average molecular weight is 542 g/mol. The summed E-state index contributed by atoms with van der Waals surface area (Å²) in [7, 11) is 0. The number of aryl methyl sites for hydroxylation is 1. The van der Waals surface area contributed by atoms with Crippen molar-refractivity contribution in [2.24, 2.45) is 17.8 Å². The summed E-state index contributed by atoms with van der Waals surface area (Å²) in [5, 5.41) is 10.2. The number of hydrogen-bond acceptors (Lipinski definition) is 5. The van der Waals surface area contributed by atoms with E-state index in [4.69, 9.17) is 9.47 Å². The number of ether oxygens (including phenoxy) is 2. The summed E-state index contributed by atoms with van der Waals surface area (Å²) in [6, 6.07) is 3.82. The van der Waals surface area contributed by atoms with Crippen LogP contribution in [-0.4, -0.2) is 29.3 Å². The highest BCUT2D eigenvalue weighted by Crippen LogP contribution is 2.43. The maximum absolute atomic E-state index is 12.6. The van der Waals surface area contributed by atoms with Crippen molar-refractivity contribution < 1.29 is 24.2 Å². The molecule has 124 valence electrons. The molecule has 23 heavy (non-hydrogen) atoms. The first kappa shape index (κ1) is 17.4. The zero-order valence-corrected chi connectivity index (χ0v) is 16.9. The van der Waals surface area contributed by atoms with Crippen molar-refractivity contribution in [3.8, 4) is 5.75 Å². The van der Waals surface area contributed by atoms with Gasteiger partial charge < -0.3 is 14.6 Å². The molecule has 2 aliphatic rings. The fraction of sp³-hybridized carbons (Fsp3) is 0.500. The second-order valence-electron chi connectivity index (χ2n) is 6.23. The maximum atomic E-state index is 12.6. The maximum Gasteiger partial charge on any atom is 0.326 e. The molecular formula is C16H16I2O5. The lowest BCUT2D eigenvalue weighted by Crippen LogP contribution is -2.48. The number of hydrogen-bond donors (Lipinski definition) is 1. The van der Waals surface area contributed by atoms with Crippen LogP contribution >= 0.6 is 45.2 Å². The van der Waals surface area contributed by atoms with Gasteiger partial charge in [0.15, 0.2) is 11.7 Å². The number of benzene rings is 1. The SMILES string of the molecule is Cc1cc(I)c(OC(=O)C2C(=O)OC3C(C)CC2C3O)c(I)c1. The number of aliphatic hydroxyl groups excluding tert-OH is 1. The predicted molar refractivity (Wildman–Crippen MR) is 98.9 cm³/mol. The van der Waals surface area contributed by atoms with E-state index in [1.807, 2.05) is 26.0 Å². The number of fused-ring (bicyclic) bond motifs is 2. The molecule has 2 bridgehead atoms. The van der Waals surface area contributed by atoms with Crippen LogP contribution in [0.1, 0.15) is 18.9 Å². The van der Waals surface area contributed by atoms with Gasteiger partial charge in [-0.05, 0) is 82.1 Å². The second-order valence-corrected chi connectivity index (χ2v) is 8.55. The molecule has 0 spiro atoms. The molecule has 3 rings (SSSR count). The van der Waals surface area contributed by atoms with Crippen molar-refractivity contribution in [2.75, 3.05) is 0 Å². The molecule has 2 fully saturated rings.